The molecule has 0 aliphatic rings. The number of carbonyl (C=O) groups excluding carboxylic acids is 1. The van der Waals surface area contributed by atoms with E-state index in [1.54, 1.807) is 0 Å². The molecule has 1 heterocycles. The van der Waals surface area contributed by atoms with Gasteiger partial charge in [0.25, 0.3) is 5.78 Å². The zero-order chi connectivity index (χ0) is 21.6. The summed E-state index contributed by atoms with van der Waals surface area (Å²) in [6.07, 6.45) is -10.2. The second-order valence-corrected chi connectivity index (χ2v) is 6.44. The van der Waals surface area contributed by atoms with E-state index < -0.39 is 29.6 Å². The van der Waals surface area contributed by atoms with Crippen molar-refractivity contribution in [2.45, 2.75) is 19.5 Å². The molecule has 2 aromatic carbocycles. The summed E-state index contributed by atoms with van der Waals surface area (Å²) in [7, 11) is 0. The Hall–Kier alpha value is -2.81. The summed E-state index contributed by atoms with van der Waals surface area (Å²) in [6, 6.07) is 8.55. The summed E-state index contributed by atoms with van der Waals surface area (Å²) in [6.45, 7) is 1.22. The maximum atomic E-state index is 13.2. The third-order valence-corrected chi connectivity index (χ3v) is 4.24. The molecule has 3 nitrogen and oxygen atoms in total. The Labute approximate surface area is 164 Å². The van der Waals surface area contributed by atoms with Crippen LogP contribution in [0.5, 0.6) is 5.75 Å². The van der Waals surface area contributed by atoms with E-state index in [9.17, 15) is 31.1 Å². The maximum Gasteiger partial charge on any atom is 0.573 e. The lowest BCUT2D eigenvalue weighted by Crippen LogP contribution is -2.25. The molecule has 0 fully saturated rings. The minimum Gasteiger partial charge on any atom is -0.406 e. The first-order valence-electron chi connectivity index (χ1n) is 7.94. The highest BCUT2D eigenvalue weighted by Gasteiger charge is 2.42. The molecule has 0 radical (unpaired) electrons. The number of aryl methyl sites for hydroxylation is 1. The van der Waals surface area contributed by atoms with E-state index in [0.29, 0.717) is 0 Å². The van der Waals surface area contributed by atoms with Crippen LogP contribution in [0.25, 0.3) is 22.0 Å². The molecule has 0 aliphatic heterocycles. The van der Waals surface area contributed by atoms with Crippen molar-refractivity contribution in [3.63, 3.8) is 0 Å². The van der Waals surface area contributed by atoms with Crippen molar-refractivity contribution in [1.29, 1.82) is 0 Å². The molecule has 0 N–H and O–H groups in total. The number of ether oxygens (including phenoxy) is 1. The van der Waals surface area contributed by atoms with Gasteiger partial charge in [-0.15, -0.1) is 13.2 Å². The number of rotatable bonds is 3. The van der Waals surface area contributed by atoms with Gasteiger partial charge in [0.2, 0.25) is 0 Å². The number of carbonyl (C=O) groups is 1. The number of fused-ring (bicyclic) bond motifs is 1. The van der Waals surface area contributed by atoms with Gasteiger partial charge in [0, 0.05) is 21.7 Å². The van der Waals surface area contributed by atoms with Crippen LogP contribution in [-0.2, 0) is 0 Å². The highest BCUT2D eigenvalue weighted by Crippen LogP contribution is 2.38. The molecule has 29 heavy (non-hydrogen) atoms. The minimum absolute atomic E-state index is 0.0979. The molecule has 0 unspecified atom stereocenters. The Balaban J connectivity index is 2.39. The molecular formula is C19H10ClF6NO2. The van der Waals surface area contributed by atoms with Crippen molar-refractivity contribution >= 4 is 28.3 Å². The van der Waals surface area contributed by atoms with Crippen LogP contribution in [0.3, 0.4) is 0 Å². The summed E-state index contributed by atoms with van der Waals surface area (Å²) in [5.74, 6) is -2.81. The SMILES string of the molecule is Cc1nc2ccc(OC(F)(F)F)cc2c(-c2ccc(Cl)cc2)c1C(=O)C(F)(F)F. The van der Waals surface area contributed by atoms with Crippen LogP contribution >= 0.6 is 11.6 Å². The second kappa shape index (κ2) is 7.22. The molecule has 10 heteroatoms. The number of nitrogens with zero attached hydrogens (tertiary/aromatic N) is 1. The van der Waals surface area contributed by atoms with Gasteiger partial charge in [0.1, 0.15) is 5.75 Å². The maximum absolute atomic E-state index is 13.2. The van der Waals surface area contributed by atoms with Crippen LogP contribution in [0, 0.1) is 6.92 Å². The van der Waals surface area contributed by atoms with Gasteiger partial charge in [-0.2, -0.15) is 13.2 Å². The molecule has 0 atom stereocenters. The first kappa shape index (κ1) is 20.9. The van der Waals surface area contributed by atoms with Crippen molar-refractivity contribution in [2.75, 3.05) is 0 Å². The lowest BCUT2D eigenvalue weighted by molar-refractivity contribution is -0.274. The van der Waals surface area contributed by atoms with Gasteiger partial charge >= 0.3 is 12.5 Å². The van der Waals surface area contributed by atoms with Crippen molar-refractivity contribution in [2.24, 2.45) is 0 Å². The van der Waals surface area contributed by atoms with Crippen molar-refractivity contribution in [3.8, 4) is 16.9 Å². The number of aromatic nitrogens is 1. The number of ketones is 1. The quantitative estimate of drug-likeness (QED) is 0.349. The van der Waals surface area contributed by atoms with Crippen LogP contribution in [0.15, 0.2) is 42.5 Å². The lowest BCUT2D eigenvalue weighted by atomic mass is 9.92. The normalized spacial score (nSPS) is 12.3. The van der Waals surface area contributed by atoms with Crippen molar-refractivity contribution < 1.29 is 35.9 Å². The van der Waals surface area contributed by atoms with Gasteiger partial charge in [-0.1, -0.05) is 23.7 Å². The summed E-state index contributed by atoms with van der Waals surface area (Å²) in [5.41, 5.74) is -0.924. The first-order chi connectivity index (χ1) is 13.4. The Kier molecular flexibility index (Phi) is 5.20. The van der Waals surface area contributed by atoms with Gasteiger partial charge in [-0.3, -0.25) is 9.78 Å². The molecule has 1 aromatic heterocycles. The number of alkyl halides is 6. The predicted octanol–water partition coefficient (Wildman–Crippen LogP) is 6.51. The summed E-state index contributed by atoms with van der Waals surface area (Å²) < 4.78 is 81.2. The highest BCUT2D eigenvalue weighted by atomic mass is 35.5. The van der Waals surface area contributed by atoms with E-state index >= 15 is 0 Å². The van der Waals surface area contributed by atoms with Crippen molar-refractivity contribution in [3.05, 3.63) is 58.7 Å². The van der Waals surface area contributed by atoms with Crippen LogP contribution in [0.1, 0.15) is 16.1 Å². The average molecular weight is 434 g/mol. The summed E-state index contributed by atoms with van der Waals surface area (Å²) >= 11 is 5.82. The van der Waals surface area contributed by atoms with Gasteiger partial charge < -0.3 is 4.74 Å². The van der Waals surface area contributed by atoms with E-state index in [-0.39, 0.29) is 32.7 Å². The molecule has 0 saturated carbocycles. The zero-order valence-electron chi connectivity index (χ0n) is 14.5. The Morgan fingerprint density at radius 1 is 1.00 bits per heavy atom. The van der Waals surface area contributed by atoms with Gasteiger partial charge in [-0.05, 0) is 42.8 Å². The van der Waals surface area contributed by atoms with Gasteiger partial charge in [0.15, 0.2) is 0 Å². The van der Waals surface area contributed by atoms with Crippen LogP contribution in [0.4, 0.5) is 26.3 Å². The number of Topliss-reactive ketones (excluding diaryl/α,β-unsaturated/α-hetero) is 1. The molecule has 3 aromatic rings. The standard InChI is InChI=1S/C19H10ClF6NO2/c1-9-15(17(28)18(21,22)23)16(10-2-4-11(20)5-3-10)13-8-12(29-19(24,25)26)6-7-14(13)27-9/h2-8H,1H3. The predicted molar refractivity (Wildman–Crippen MR) is 94.0 cm³/mol. The third-order valence-electron chi connectivity index (χ3n) is 3.99. The smallest absolute Gasteiger partial charge is 0.406 e. The van der Waals surface area contributed by atoms with E-state index in [1.807, 2.05) is 0 Å². The topological polar surface area (TPSA) is 39.2 Å². The number of benzene rings is 2. The Bertz CT molecular complexity index is 1090. The fourth-order valence-electron chi connectivity index (χ4n) is 2.90. The molecule has 0 aliphatic carbocycles. The fraction of sp³-hybridized carbons (Fsp3) is 0.158. The number of pyridine rings is 1. The van der Waals surface area contributed by atoms with E-state index in [2.05, 4.69) is 9.72 Å². The molecule has 0 amide bonds. The van der Waals surface area contributed by atoms with Crippen molar-refractivity contribution in [1.82, 2.24) is 4.98 Å². The number of hydrogen-bond donors (Lipinski definition) is 0. The number of hydrogen-bond acceptors (Lipinski definition) is 3. The van der Waals surface area contributed by atoms with Gasteiger partial charge in [0.05, 0.1) is 11.1 Å². The van der Waals surface area contributed by atoms with Gasteiger partial charge in [-0.25, -0.2) is 0 Å². The first-order valence-corrected chi connectivity index (χ1v) is 8.32. The van der Waals surface area contributed by atoms with Crippen LogP contribution < -0.4 is 4.74 Å². The fourth-order valence-corrected chi connectivity index (χ4v) is 3.02. The zero-order valence-corrected chi connectivity index (χ0v) is 15.2. The lowest BCUT2D eigenvalue weighted by Gasteiger charge is -2.17. The van der Waals surface area contributed by atoms with Crippen LogP contribution in [-0.4, -0.2) is 23.3 Å². The Morgan fingerprint density at radius 2 is 1.62 bits per heavy atom. The average Bonchev–Trinajstić information content (AvgIpc) is 2.59. The minimum atomic E-state index is -5.21. The van der Waals surface area contributed by atoms with E-state index in [1.165, 1.54) is 37.3 Å². The second-order valence-electron chi connectivity index (χ2n) is 6.01. The monoisotopic (exact) mass is 433 g/mol. The third kappa shape index (κ3) is 4.45. The largest absolute Gasteiger partial charge is 0.573 e. The summed E-state index contributed by atoms with van der Waals surface area (Å²) in [5, 5.41) is 0.181. The Morgan fingerprint density at radius 3 is 2.17 bits per heavy atom. The highest BCUT2D eigenvalue weighted by molar-refractivity contribution is 6.30. The van der Waals surface area contributed by atoms with E-state index in [0.717, 1.165) is 12.1 Å². The molecule has 0 spiro atoms. The number of halogens is 7. The van der Waals surface area contributed by atoms with Crippen LogP contribution in [0.2, 0.25) is 5.02 Å². The molecule has 0 saturated heterocycles. The molecule has 0 bridgehead atoms. The molecule has 3 rings (SSSR count). The molecular weight excluding hydrogens is 424 g/mol. The molecule has 152 valence electrons. The summed E-state index contributed by atoms with van der Waals surface area (Å²) in [4.78, 5) is 16.1. The van der Waals surface area contributed by atoms with E-state index in [4.69, 9.17) is 11.6 Å².